The standard InChI is InChI=1S/C26H23N5O/c1-17-12-18(2)14-22(13-17)31-11-9-19-15-23(6-7-24(19)31)32-25-8-10-28-26(30-25)29-21-5-3-4-20(27)16-21/h3-16H,27H2,1-2H3,(H,28,29,30). The second-order valence-electron chi connectivity index (χ2n) is 7.82. The van der Waals surface area contributed by atoms with Gasteiger partial charge in [-0.25, -0.2) is 4.98 Å². The van der Waals surface area contributed by atoms with E-state index < -0.39 is 0 Å². The summed E-state index contributed by atoms with van der Waals surface area (Å²) in [7, 11) is 0. The van der Waals surface area contributed by atoms with E-state index in [4.69, 9.17) is 10.5 Å². The number of fused-ring (bicyclic) bond motifs is 1. The van der Waals surface area contributed by atoms with Crippen molar-refractivity contribution in [2.45, 2.75) is 13.8 Å². The molecule has 5 rings (SSSR count). The quantitative estimate of drug-likeness (QED) is 0.333. The number of aromatic nitrogens is 3. The summed E-state index contributed by atoms with van der Waals surface area (Å²) in [4.78, 5) is 8.72. The SMILES string of the molecule is Cc1cc(C)cc(-n2ccc3cc(Oc4ccnc(Nc5cccc(N)c5)n4)ccc32)c1. The Hall–Kier alpha value is -4.32. The van der Waals surface area contributed by atoms with Crippen LogP contribution in [0.5, 0.6) is 11.6 Å². The molecular formula is C26H23N5O. The molecule has 0 amide bonds. The molecule has 0 fully saturated rings. The van der Waals surface area contributed by atoms with Crippen LogP contribution in [0, 0.1) is 13.8 Å². The van der Waals surface area contributed by atoms with E-state index in [2.05, 4.69) is 70.2 Å². The summed E-state index contributed by atoms with van der Waals surface area (Å²) in [6.07, 6.45) is 3.74. The van der Waals surface area contributed by atoms with Gasteiger partial charge in [-0.05, 0) is 79.6 Å². The predicted molar refractivity (Wildman–Crippen MR) is 129 cm³/mol. The number of anilines is 3. The Morgan fingerprint density at radius 2 is 1.75 bits per heavy atom. The molecule has 3 N–H and O–H groups in total. The lowest BCUT2D eigenvalue weighted by molar-refractivity contribution is 0.463. The van der Waals surface area contributed by atoms with Crippen molar-refractivity contribution in [3.05, 3.63) is 96.3 Å². The maximum Gasteiger partial charge on any atom is 0.230 e. The van der Waals surface area contributed by atoms with E-state index in [9.17, 15) is 0 Å². The average Bonchev–Trinajstić information content (AvgIpc) is 3.17. The second-order valence-corrected chi connectivity index (χ2v) is 7.82. The number of nitrogens with two attached hydrogens (primary N) is 1. The monoisotopic (exact) mass is 421 g/mol. The highest BCUT2D eigenvalue weighted by molar-refractivity contribution is 5.83. The minimum Gasteiger partial charge on any atom is -0.439 e. The van der Waals surface area contributed by atoms with Gasteiger partial charge < -0.3 is 20.4 Å². The molecule has 158 valence electrons. The Labute approximate surface area is 186 Å². The fourth-order valence-corrected chi connectivity index (χ4v) is 3.82. The molecule has 0 saturated carbocycles. The summed E-state index contributed by atoms with van der Waals surface area (Å²) in [6, 6.07) is 23.8. The van der Waals surface area contributed by atoms with Crippen LogP contribution in [0.15, 0.2) is 85.2 Å². The molecule has 3 aromatic carbocycles. The van der Waals surface area contributed by atoms with Crippen LogP contribution in [-0.4, -0.2) is 14.5 Å². The summed E-state index contributed by atoms with van der Waals surface area (Å²) in [5.41, 5.74) is 12.1. The third-order valence-electron chi connectivity index (χ3n) is 5.14. The van der Waals surface area contributed by atoms with Gasteiger partial charge in [-0.3, -0.25) is 0 Å². The smallest absolute Gasteiger partial charge is 0.230 e. The number of nitrogens with one attached hydrogen (secondary N) is 1. The van der Waals surface area contributed by atoms with Gasteiger partial charge in [0.05, 0.1) is 5.52 Å². The normalized spacial score (nSPS) is 10.9. The topological polar surface area (TPSA) is 78.0 Å². The van der Waals surface area contributed by atoms with Crippen molar-refractivity contribution in [2.24, 2.45) is 0 Å². The minimum absolute atomic E-state index is 0.440. The van der Waals surface area contributed by atoms with Crippen LogP contribution < -0.4 is 15.8 Å². The number of nitrogen functional groups attached to an aromatic ring is 1. The third kappa shape index (κ3) is 4.11. The fraction of sp³-hybridized carbons (Fsp3) is 0.0769. The maximum atomic E-state index is 6.02. The van der Waals surface area contributed by atoms with E-state index in [1.54, 1.807) is 12.3 Å². The molecule has 0 aliphatic carbocycles. The Morgan fingerprint density at radius 3 is 2.56 bits per heavy atom. The molecule has 2 aromatic heterocycles. The predicted octanol–water partition coefficient (Wildman–Crippen LogP) is 6.16. The Bertz CT molecular complexity index is 1400. The molecule has 5 aromatic rings. The minimum atomic E-state index is 0.440. The van der Waals surface area contributed by atoms with Crippen LogP contribution >= 0.6 is 0 Å². The lowest BCUT2D eigenvalue weighted by Crippen LogP contribution is -1.99. The van der Waals surface area contributed by atoms with Gasteiger partial charge in [0, 0.05) is 40.9 Å². The molecule has 6 heteroatoms. The van der Waals surface area contributed by atoms with E-state index in [1.807, 2.05) is 36.4 Å². The maximum absolute atomic E-state index is 6.02. The first kappa shape index (κ1) is 19.6. The average molecular weight is 422 g/mol. The van der Waals surface area contributed by atoms with Crippen LogP contribution in [0.1, 0.15) is 11.1 Å². The first-order chi connectivity index (χ1) is 15.5. The summed E-state index contributed by atoms with van der Waals surface area (Å²) < 4.78 is 8.21. The summed E-state index contributed by atoms with van der Waals surface area (Å²) >= 11 is 0. The zero-order valence-corrected chi connectivity index (χ0v) is 17.9. The molecular weight excluding hydrogens is 398 g/mol. The zero-order valence-electron chi connectivity index (χ0n) is 17.9. The van der Waals surface area contributed by atoms with E-state index in [-0.39, 0.29) is 0 Å². The molecule has 0 bridgehead atoms. The molecule has 0 unspecified atom stereocenters. The third-order valence-corrected chi connectivity index (χ3v) is 5.14. The van der Waals surface area contributed by atoms with Gasteiger partial charge in [0.25, 0.3) is 0 Å². The van der Waals surface area contributed by atoms with Gasteiger partial charge in [-0.1, -0.05) is 12.1 Å². The lowest BCUT2D eigenvalue weighted by atomic mass is 10.1. The highest BCUT2D eigenvalue weighted by Gasteiger charge is 2.08. The van der Waals surface area contributed by atoms with Gasteiger partial charge in [0.15, 0.2) is 0 Å². The molecule has 0 spiro atoms. The van der Waals surface area contributed by atoms with E-state index >= 15 is 0 Å². The number of hydrogen-bond donors (Lipinski definition) is 2. The highest BCUT2D eigenvalue weighted by Crippen LogP contribution is 2.28. The second kappa shape index (κ2) is 8.07. The molecule has 32 heavy (non-hydrogen) atoms. The van der Waals surface area contributed by atoms with Crippen molar-refractivity contribution in [3.8, 4) is 17.3 Å². The molecule has 2 heterocycles. The van der Waals surface area contributed by atoms with Crippen molar-refractivity contribution in [2.75, 3.05) is 11.1 Å². The van der Waals surface area contributed by atoms with Gasteiger partial charge in [-0.15, -0.1) is 0 Å². The van der Waals surface area contributed by atoms with Crippen molar-refractivity contribution < 1.29 is 4.74 Å². The van der Waals surface area contributed by atoms with Crippen LogP contribution in [0.3, 0.4) is 0 Å². The van der Waals surface area contributed by atoms with Crippen molar-refractivity contribution in [3.63, 3.8) is 0 Å². The molecule has 0 aliphatic rings. The van der Waals surface area contributed by atoms with E-state index in [0.717, 1.165) is 22.3 Å². The van der Waals surface area contributed by atoms with Crippen LogP contribution in [-0.2, 0) is 0 Å². The zero-order chi connectivity index (χ0) is 22.1. The van der Waals surface area contributed by atoms with E-state index in [1.165, 1.54) is 11.1 Å². The molecule has 0 saturated heterocycles. The van der Waals surface area contributed by atoms with Gasteiger partial charge >= 0.3 is 0 Å². The van der Waals surface area contributed by atoms with Gasteiger partial charge in [-0.2, -0.15) is 4.98 Å². The number of ether oxygens (including phenoxy) is 1. The first-order valence-corrected chi connectivity index (χ1v) is 10.4. The Balaban J connectivity index is 1.39. The Morgan fingerprint density at radius 1 is 0.906 bits per heavy atom. The first-order valence-electron chi connectivity index (χ1n) is 10.4. The lowest BCUT2D eigenvalue weighted by Gasteiger charge is -2.10. The summed E-state index contributed by atoms with van der Waals surface area (Å²) in [6.45, 7) is 4.23. The van der Waals surface area contributed by atoms with Crippen LogP contribution in [0.4, 0.5) is 17.3 Å². The summed E-state index contributed by atoms with van der Waals surface area (Å²) in [5.74, 6) is 1.61. The number of aryl methyl sites for hydroxylation is 2. The summed E-state index contributed by atoms with van der Waals surface area (Å²) in [5, 5.41) is 4.24. The van der Waals surface area contributed by atoms with Crippen molar-refractivity contribution in [1.29, 1.82) is 0 Å². The van der Waals surface area contributed by atoms with Gasteiger partial charge in [0.1, 0.15) is 5.75 Å². The fourth-order valence-electron chi connectivity index (χ4n) is 3.82. The van der Waals surface area contributed by atoms with Crippen LogP contribution in [0.25, 0.3) is 16.6 Å². The number of nitrogens with zero attached hydrogens (tertiary/aromatic N) is 3. The number of benzene rings is 3. The van der Waals surface area contributed by atoms with E-state index in [0.29, 0.717) is 23.3 Å². The molecule has 6 nitrogen and oxygen atoms in total. The number of rotatable bonds is 5. The Kier molecular flexibility index (Phi) is 4.95. The van der Waals surface area contributed by atoms with Crippen molar-refractivity contribution in [1.82, 2.24) is 14.5 Å². The van der Waals surface area contributed by atoms with Gasteiger partial charge in [0.2, 0.25) is 11.8 Å². The van der Waals surface area contributed by atoms with Crippen molar-refractivity contribution >= 4 is 28.2 Å². The molecule has 0 atom stereocenters. The molecule has 0 aliphatic heterocycles. The largest absolute Gasteiger partial charge is 0.439 e. The van der Waals surface area contributed by atoms with Crippen LogP contribution in [0.2, 0.25) is 0 Å². The highest BCUT2D eigenvalue weighted by atomic mass is 16.5. The molecule has 0 radical (unpaired) electrons. The number of hydrogen-bond acceptors (Lipinski definition) is 5.